The molecular weight excluding hydrogens is 366 g/mol. The third-order valence-electron chi connectivity index (χ3n) is 3.49. The van der Waals surface area contributed by atoms with E-state index in [4.69, 9.17) is 0 Å². The number of sulfonamides is 1. The van der Waals surface area contributed by atoms with Crippen LogP contribution in [0.15, 0.2) is 53.4 Å². The SMILES string of the molecule is CN(C)S(=O)(=O)c1ccccc1CNC(=O)c1cccc(OC(F)F)c1. The first-order valence-corrected chi connectivity index (χ1v) is 8.99. The molecule has 2 aromatic rings. The molecule has 0 aliphatic rings. The van der Waals surface area contributed by atoms with E-state index in [1.54, 1.807) is 18.2 Å². The molecule has 2 rings (SSSR count). The lowest BCUT2D eigenvalue weighted by atomic mass is 10.2. The Kier molecular flexibility index (Phi) is 6.27. The van der Waals surface area contributed by atoms with Crippen molar-refractivity contribution in [2.45, 2.75) is 18.1 Å². The Balaban J connectivity index is 2.16. The second kappa shape index (κ2) is 8.24. The van der Waals surface area contributed by atoms with Crippen LogP contribution in [-0.2, 0) is 16.6 Å². The Morgan fingerprint density at radius 1 is 1.15 bits per heavy atom. The number of nitrogens with one attached hydrogen (secondary N) is 1. The molecule has 1 amide bonds. The first-order chi connectivity index (χ1) is 12.2. The van der Waals surface area contributed by atoms with Crippen LogP contribution in [0.4, 0.5) is 8.78 Å². The summed E-state index contributed by atoms with van der Waals surface area (Å²) < 4.78 is 54.5. The van der Waals surface area contributed by atoms with Gasteiger partial charge < -0.3 is 10.1 Å². The molecule has 0 radical (unpaired) electrons. The predicted molar refractivity (Wildman–Crippen MR) is 91.6 cm³/mol. The molecule has 140 valence electrons. The molecule has 0 heterocycles. The summed E-state index contributed by atoms with van der Waals surface area (Å²) in [6.07, 6.45) is 0. The van der Waals surface area contributed by atoms with E-state index >= 15 is 0 Å². The van der Waals surface area contributed by atoms with Gasteiger partial charge in [0.2, 0.25) is 10.0 Å². The quantitative estimate of drug-likeness (QED) is 0.796. The van der Waals surface area contributed by atoms with Crippen molar-refractivity contribution in [3.8, 4) is 5.75 Å². The summed E-state index contributed by atoms with van der Waals surface area (Å²) in [6.45, 7) is -3.03. The topological polar surface area (TPSA) is 75.7 Å². The van der Waals surface area contributed by atoms with E-state index in [1.165, 1.54) is 44.4 Å². The highest BCUT2D eigenvalue weighted by Crippen LogP contribution is 2.19. The van der Waals surface area contributed by atoms with Gasteiger partial charge in [0, 0.05) is 26.2 Å². The van der Waals surface area contributed by atoms with E-state index in [1.807, 2.05) is 0 Å². The molecule has 0 atom stereocenters. The van der Waals surface area contributed by atoms with E-state index in [0.717, 1.165) is 4.31 Å². The van der Waals surface area contributed by atoms with Gasteiger partial charge >= 0.3 is 6.61 Å². The maximum absolute atomic E-state index is 12.3. The second-order valence-corrected chi connectivity index (χ2v) is 7.60. The second-order valence-electron chi connectivity index (χ2n) is 5.48. The normalized spacial score (nSPS) is 11.6. The number of hydrogen-bond donors (Lipinski definition) is 1. The van der Waals surface area contributed by atoms with Gasteiger partial charge in [-0.15, -0.1) is 0 Å². The average Bonchev–Trinajstić information content (AvgIpc) is 2.59. The van der Waals surface area contributed by atoms with Crippen LogP contribution in [0, 0.1) is 0 Å². The molecule has 0 saturated carbocycles. The highest BCUT2D eigenvalue weighted by Gasteiger charge is 2.21. The monoisotopic (exact) mass is 384 g/mol. The van der Waals surface area contributed by atoms with E-state index in [0.29, 0.717) is 5.56 Å². The van der Waals surface area contributed by atoms with Crippen molar-refractivity contribution in [3.05, 3.63) is 59.7 Å². The zero-order valence-electron chi connectivity index (χ0n) is 14.1. The Morgan fingerprint density at radius 2 is 1.85 bits per heavy atom. The van der Waals surface area contributed by atoms with Crippen molar-refractivity contribution in [1.82, 2.24) is 9.62 Å². The Morgan fingerprint density at radius 3 is 2.50 bits per heavy atom. The van der Waals surface area contributed by atoms with Crippen LogP contribution >= 0.6 is 0 Å². The summed E-state index contributed by atoms with van der Waals surface area (Å²) >= 11 is 0. The van der Waals surface area contributed by atoms with Gasteiger partial charge in [-0.05, 0) is 29.8 Å². The Hall–Kier alpha value is -2.52. The summed E-state index contributed by atoms with van der Waals surface area (Å²) in [6, 6.07) is 11.6. The van der Waals surface area contributed by atoms with E-state index in [2.05, 4.69) is 10.1 Å². The maximum Gasteiger partial charge on any atom is 0.387 e. The average molecular weight is 384 g/mol. The highest BCUT2D eigenvalue weighted by molar-refractivity contribution is 7.89. The lowest BCUT2D eigenvalue weighted by molar-refractivity contribution is -0.0498. The molecule has 0 spiro atoms. The summed E-state index contributed by atoms with van der Waals surface area (Å²) in [5.41, 5.74) is 0.533. The predicted octanol–water partition coefficient (Wildman–Crippen LogP) is 2.47. The van der Waals surface area contributed by atoms with E-state index in [9.17, 15) is 22.0 Å². The largest absolute Gasteiger partial charge is 0.435 e. The molecule has 26 heavy (non-hydrogen) atoms. The van der Waals surface area contributed by atoms with Gasteiger partial charge in [-0.2, -0.15) is 8.78 Å². The fourth-order valence-corrected chi connectivity index (χ4v) is 3.30. The minimum absolute atomic E-state index is 0.0397. The van der Waals surface area contributed by atoms with Crippen LogP contribution in [0.1, 0.15) is 15.9 Å². The Labute approximate surface area is 150 Å². The lowest BCUT2D eigenvalue weighted by Gasteiger charge is -2.15. The summed E-state index contributed by atoms with van der Waals surface area (Å²) in [5, 5.41) is 2.58. The maximum atomic E-state index is 12.3. The molecule has 0 saturated heterocycles. The molecule has 6 nitrogen and oxygen atoms in total. The number of carbonyl (C=O) groups is 1. The molecular formula is C17H18F2N2O4S. The minimum atomic E-state index is -3.66. The van der Waals surface area contributed by atoms with Crippen molar-refractivity contribution in [1.29, 1.82) is 0 Å². The minimum Gasteiger partial charge on any atom is -0.435 e. The number of benzene rings is 2. The molecule has 9 heteroatoms. The molecule has 0 bridgehead atoms. The molecule has 0 fully saturated rings. The molecule has 0 unspecified atom stereocenters. The van der Waals surface area contributed by atoms with Crippen LogP contribution in [0.2, 0.25) is 0 Å². The van der Waals surface area contributed by atoms with Crippen molar-refractivity contribution in [2.75, 3.05) is 14.1 Å². The van der Waals surface area contributed by atoms with Gasteiger partial charge in [-0.3, -0.25) is 4.79 Å². The number of ether oxygens (including phenoxy) is 1. The number of halogens is 2. The third-order valence-corrected chi connectivity index (χ3v) is 5.41. The van der Waals surface area contributed by atoms with Crippen LogP contribution in [0.3, 0.4) is 0 Å². The molecule has 0 aliphatic carbocycles. The molecule has 1 N–H and O–H groups in total. The summed E-state index contributed by atoms with van der Waals surface area (Å²) in [5.74, 6) is -0.676. The number of nitrogens with zero attached hydrogens (tertiary/aromatic N) is 1. The number of rotatable bonds is 7. The third kappa shape index (κ3) is 4.77. The highest BCUT2D eigenvalue weighted by atomic mass is 32.2. The van der Waals surface area contributed by atoms with Crippen LogP contribution in [0.25, 0.3) is 0 Å². The smallest absolute Gasteiger partial charge is 0.387 e. The lowest BCUT2D eigenvalue weighted by Crippen LogP contribution is -2.27. The molecule has 2 aromatic carbocycles. The molecule has 0 aliphatic heterocycles. The van der Waals surface area contributed by atoms with Crippen molar-refractivity contribution >= 4 is 15.9 Å². The first kappa shape index (κ1) is 19.8. The van der Waals surface area contributed by atoms with Gasteiger partial charge in [0.15, 0.2) is 0 Å². The van der Waals surface area contributed by atoms with Crippen molar-refractivity contribution < 1.29 is 26.7 Å². The Bertz CT molecular complexity index is 886. The van der Waals surface area contributed by atoms with Crippen molar-refractivity contribution in [3.63, 3.8) is 0 Å². The fraction of sp³-hybridized carbons (Fsp3) is 0.235. The van der Waals surface area contributed by atoms with Crippen LogP contribution in [-0.4, -0.2) is 39.3 Å². The van der Waals surface area contributed by atoms with Gasteiger partial charge in [-0.1, -0.05) is 24.3 Å². The van der Waals surface area contributed by atoms with Gasteiger partial charge in [0.05, 0.1) is 4.90 Å². The number of carbonyl (C=O) groups excluding carboxylic acids is 1. The number of hydrogen-bond acceptors (Lipinski definition) is 4. The first-order valence-electron chi connectivity index (χ1n) is 7.55. The van der Waals surface area contributed by atoms with Gasteiger partial charge in [-0.25, -0.2) is 12.7 Å². The number of alkyl halides is 2. The fourth-order valence-electron chi connectivity index (χ4n) is 2.19. The molecule has 0 aromatic heterocycles. The van der Waals surface area contributed by atoms with Gasteiger partial charge in [0.1, 0.15) is 5.75 Å². The van der Waals surface area contributed by atoms with E-state index < -0.39 is 22.5 Å². The zero-order valence-corrected chi connectivity index (χ0v) is 15.0. The van der Waals surface area contributed by atoms with Crippen LogP contribution < -0.4 is 10.1 Å². The zero-order chi connectivity index (χ0) is 19.3. The van der Waals surface area contributed by atoms with E-state index in [-0.39, 0.29) is 22.8 Å². The van der Waals surface area contributed by atoms with Crippen LogP contribution in [0.5, 0.6) is 5.75 Å². The van der Waals surface area contributed by atoms with Crippen molar-refractivity contribution in [2.24, 2.45) is 0 Å². The van der Waals surface area contributed by atoms with Gasteiger partial charge in [0.25, 0.3) is 5.91 Å². The summed E-state index contributed by atoms with van der Waals surface area (Å²) in [4.78, 5) is 12.3. The summed E-state index contributed by atoms with van der Waals surface area (Å²) in [7, 11) is -0.830. The number of amides is 1. The standard InChI is InChI=1S/C17H18F2N2O4S/c1-21(2)26(23,24)15-9-4-3-6-13(15)11-20-16(22)12-7-5-8-14(10-12)25-17(18)19/h3-10,17H,11H2,1-2H3,(H,20,22).